The number of hydrogen-bond acceptors (Lipinski definition) is 0. The van der Waals surface area contributed by atoms with Crippen molar-refractivity contribution in [1.29, 1.82) is 0 Å². The first-order valence-electron chi connectivity index (χ1n) is 3.57. The highest BCUT2D eigenvalue weighted by Gasteiger charge is 1.93. The van der Waals surface area contributed by atoms with E-state index in [4.69, 9.17) is 0 Å². The third-order valence-electron chi connectivity index (χ3n) is 1.62. The molecule has 0 amide bonds. The van der Waals surface area contributed by atoms with Gasteiger partial charge in [0.15, 0.2) is 0 Å². The Hall–Kier alpha value is -1.50. The molecular formula is C10H8N. The Morgan fingerprint density at radius 3 is 2.55 bits per heavy atom. The SMILES string of the molecule is [c]1c[nH]cc1-c1ccccc1. The summed E-state index contributed by atoms with van der Waals surface area (Å²) in [5, 5.41) is 0. The van der Waals surface area contributed by atoms with Gasteiger partial charge in [-0.1, -0.05) is 30.3 Å². The van der Waals surface area contributed by atoms with Crippen LogP contribution in [-0.4, -0.2) is 4.98 Å². The van der Waals surface area contributed by atoms with Crippen molar-refractivity contribution >= 4 is 0 Å². The molecule has 0 aliphatic rings. The summed E-state index contributed by atoms with van der Waals surface area (Å²) in [5.74, 6) is 0. The molecule has 0 aliphatic heterocycles. The van der Waals surface area contributed by atoms with Crippen molar-refractivity contribution in [2.45, 2.75) is 0 Å². The maximum absolute atomic E-state index is 3.10. The Labute approximate surface area is 65.7 Å². The van der Waals surface area contributed by atoms with Crippen molar-refractivity contribution < 1.29 is 0 Å². The summed E-state index contributed by atoms with van der Waals surface area (Å²) < 4.78 is 0. The van der Waals surface area contributed by atoms with Gasteiger partial charge in [-0.3, -0.25) is 0 Å². The first kappa shape index (κ1) is 6.23. The second kappa shape index (κ2) is 2.62. The van der Waals surface area contributed by atoms with E-state index >= 15 is 0 Å². The van der Waals surface area contributed by atoms with E-state index in [0.717, 1.165) is 5.56 Å². The van der Waals surface area contributed by atoms with E-state index in [2.05, 4.69) is 23.2 Å². The Bertz CT molecular complexity index is 308. The lowest BCUT2D eigenvalue weighted by Crippen LogP contribution is -1.69. The van der Waals surface area contributed by atoms with Gasteiger partial charge in [0.2, 0.25) is 0 Å². The van der Waals surface area contributed by atoms with Gasteiger partial charge in [-0.2, -0.15) is 0 Å². The molecule has 1 aromatic carbocycles. The molecule has 1 heterocycles. The van der Waals surface area contributed by atoms with Crippen molar-refractivity contribution in [2.75, 3.05) is 0 Å². The number of rotatable bonds is 1. The van der Waals surface area contributed by atoms with Crippen LogP contribution in [-0.2, 0) is 0 Å². The van der Waals surface area contributed by atoms with Crippen LogP contribution in [0.3, 0.4) is 0 Å². The molecule has 0 aliphatic carbocycles. The van der Waals surface area contributed by atoms with Crippen LogP contribution >= 0.6 is 0 Å². The maximum Gasteiger partial charge on any atom is 0.00914 e. The van der Waals surface area contributed by atoms with E-state index < -0.39 is 0 Å². The lowest BCUT2D eigenvalue weighted by atomic mass is 10.1. The van der Waals surface area contributed by atoms with E-state index in [9.17, 15) is 0 Å². The quantitative estimate of drug-likeness (QED) is 0.629. The van der Waals surface area contributed by atoms with Crippen LogP contribution in [0.1, 0.15) is 0 Å². The molecule has 0 atom stereocenters. The standard InChI is InChI=1S/C10H8N/c1-2-4-9(5-3-1)10-6-7-11-8-10/h1-5,7-8,11H. The van der Waals surface area contributed by atoms with Crippen molar-refractivity contribution in [3.05, 3.63) is 48.8 Å². The van der Waals surface area contributed by atoms with E-state index in [-0.39, 0.29) is 0 Å². The first-order chi connectivity index (χ1) is 5.47. The fourth-order valence-electron chi connectivity index (χ4n) is 1.07. The van der Waals surface area contributed by atoms with Crippen molar-refractivity contribution in [2.24, 2.45) is 0 Å². The number of nitrogens with one attached hydrogen (secondary N) is 1. The first-order valence-corrected chi connectivity index (χ1v) is 3.57. The summed E-state index contributed by atoms with van der Waals surface area (Å²) in [6.45, 7) is 0. The molecule has 2 rings (SSSR count). The van der Waals surface area contributed by atoms with Gasteiger partial charge in [-0.05, 0) is 5.56 Å². The molecule has 53 valence electrons. The molecular weight excluding hydrogens is 134 g/mol. The van der Waals surface area contributed by atoms with E-state index in [0.29, 0.717) is 0 Å². The third kappa shape index (κ3) is 1.17. The Morgan fingerprint density at radius 1 is 1.09 bits per heavy atom. The topological polar surface area (TPSA) is 15.8 Å². The summed E-state index contributed by atoms with van der Waals surface area (Å²) in [5.41, 5.74) is 2.32. The zero-order valence-electron chi connectivity index (χ0n) is 6.04. The lowest BCUT2D eigenvalue weighted by Gasteiger charge is -1.93. The van der Waals surface area contributed by atoms with Crippen LogP contribution in [0.2, 0.25) is 0 Å². The zero-order chi connectivity index (χ0) is 7.52. The van der Waals surface area contributed by atoms with E-state index in [1.165, 1.54) is 5.56 Å². The molecule has 1 aromatic heterocycles. The van der Waals surface area contributed by atoms with Gasteiger partial charge in [-0.15, -0.1) is 0 Å². The lowest BCUT2D eigenvalue weighted by molar-refractivity contribution is 1.41. The molecule has 0 saturated carbocycles. The van der Waals surface area contributed by atoms with Gasteiger partial charge in [0.25, 0.3) is 0 Å². The van der Waals surface area contributed by atoms with Crippen molar-refractivity contribution in [3.8, 4) is 11.1 Å². The minimum Gasteiger partial charge on any atom is -0.366 e. The molecule has 0 bridgehead atoms. The van der Waals surface area contributed by atoms with E-state index in [1.807, 2.05) is 30.6 Å². The van der Waals surface area contributed by atoms with Gasteiger partial charge in [0.1, 0.15) is 0 Å². The fourth-order valence-corrected chi connectivity index (χ4v) is 1.07. The summed E-state index contributed by atoms with van der Waals surface area (Å²) >= 11 is 0. The normalized spacial score (nSPS) is 9.82. The summed E-state index contributed by atoms with van der Waals surface area (Å²) in [6.07, 6.45) is 3.75. The van der Waals surface area contributed by atoms with Gasteiger partial charge in [-0.25, -0.2) is 0 Å². The number of H-pyrrole nitrogens is 1. The molecule has 0 fully saturated rings. The predicted octanol–water partition coefficient (Wildman–Crippen LogP) is 2.48. The van der Waals surface area contributed by atoms with Crippen LogP contribution in [0.5, 0.6) is 0 Å². The zero-order valence-corrected chi connectivity index (χ0v) is 6.04. The second-order valence-corrected chi connectivity index (χ2v) is 2.38. The molecule has 1 radical (unpaired) electrons. The van der Waals surface area contributed by atoms with E-state index in [1.54, 1.807) is 0 Å². The highest BCUT2D eigenvalue weighted by molar-refractivity contribution is 5.61. The van der Waals surface area contributed by atoms with Crippen LogP contribution in [0.4, 0.5) is 0 Å². The average Bonchev–Trinajstić information content (AvgIpc) is 2.58. The number of benzene rings is 1. The van der Waals surface area contributed by atoms with Gasteiger partial charge >= 0.3 is 0 Å². The van der Waals surface area contributed by atoms with Crippen LogP contribution in [0, 0.1) is 6.07 Å². The molecule has 2 aromatic rings. The number of aromatic nitrogens is 1. The molecule has 11 heavy (non-hydrogen) atoms. The molecule has 0 unspecified atom stereocenters. The highest BCUT2D eigenvalue weighted by atomic mass is 14.6. The van der Waals surface area contributed by atoms with Crippen LogP contribution in [0.15, 0.2) is 42.7 Å². The average molecular weight is 142 g/mol. The Kier molecular flexibility index (Phi) is 1.48. The summed E-state index contributed by atoms with van der Waals surface area (Å²) in [4.78, 5) is 2.97. The van der Waals surface area contributed by atoms with Gasteiger partial charge < -0.3 is 4.98 Å². The second-order valence-electron chi connectivity index (χ2n) is 2.38. The van der Waals surface area contributed by atoms with Crippen LogP contribution < -0.4 is 0 Å². The fraction of sp³-hybridized carbons (Fsp3) is 0. The summed E-state index contributed by atoms with van der Waals surface area (Å²) in [7, 11) is 0. The highest BCUT2D eigenvalue weighted by Crippen LogP contribution is 2.16. The number of hydrogen-bond donors (Lipinski definition) is 1. The third-order valence-corrected chi connectivity index (χ3v) is 1.62. The molecule has 0 spiro atoms. The predicted molar refractivity (Wildman–Crippen MR) is 45.1 cm³/mol. The van der Waals surface area contributed by atoms with Gasteiger partial charge in [0.05, 0.1) is 0 Å². The van der Waals surface area contributed by atoms with Gasteiger partial charge in [0, 0.05) is 24.0 Å². The summed E-state index contributed by atoms with van der Waals surface area (Å²) in [6, 6.07) is 13.3. The van der Waals surface area contributed by atoms with Crippen molar-refractivity contribution in [1.82, 2.24) is 4.98 Å². The smallest absolute Gasteiger partial charge is 0.00914 e. The number of aromatic amines is 1. The molecule has 1 heteroatoms. The monoisotopic (exact) mass is 142 g/mol. The van der Waals surface area contributed by atoms with Crippen molar-refractivity contribution in [3.63, 3.8) is 0 Å². The minimum absolute atomic E-state index is 1.12. The Balaban J connectivity index is 2.46. The maximum atomic E-state index is 3.10. The molecule has 1 nitrogen and oxygen atoms in total. The Morgan fingerprint density at radius 2 is 1.91 bits per heavy atom. The molecule has 0 saturated heterocycles. The minimum atomic E-state index is 1.12. The largest absolute Gasteiger partial charge is 0.366 e. The molecule has 1 N–H and O–H groups in total. The van der Waals surface area contributed by atoms with Crippen LogP contribution in [0.25, 0.3) is 11.1 Å².